The van der Waals surface area contributed by atoms with Gasteiger partial charge < -0.3 is 10.2 Å². The number of aryl methyl sites for hydroxylation is 1. The molecule has 174 valence electrons. The van der Waals surface area contributed by atoms with Crippen molar-refractivity contribution in [3.8, 4) is 0 Å². The number of amides is 1. The molecule has 5 rings (SSSR count). The number of hydrogen-bond donors (Lipinski definition) is 2. The fourth-order valence-corrected chi connectivity index (χ4v) is 5.26. The molecule has 0 saturated carbocycles. The molecule has 1 aliphatic heterocycles. The summed E-state index contributed by atoms with van der Waals surface area (Å²) in [6, 6.07) is 12.0. The van der Waals surface area contributed by atoms with E-state index in [1.807, 2.05) is 6.92 Å². The highest BCUT2D eigenvalue weighted by Crippen LogP contribution is 2.44. The maximum absolute atomic E-state index is 13.3. The third-order valence-corrected chi connectivity index (χ3v) is 7.61. The summed E-state index contributed by atoms with van der Waals surface area (Å²) in [6.07, 6.45) is 3.10. The van der Waals surface area contributed by atoms with Crippen LogP contribution in [0.4, 0.5) is 5.13 Å². The van der Waals surface area contributed by atoms with Crippen LogP contribution in [0.5, 0.6) is 0 Å². The van der Waals surface area contributed by atoms with E-state index in [0.29, 0.717) is 21.3 Å². The average Bonchev–Trinajstić information content (AvgIpc) is 3.38. The molecular formula is C25H16BrN3O5S. The zero-order valence-electron chi connectivity index (χ0n) is 18.1. The van der Waals surface area contributed by atoms with Gasteiger partial charge in [0.2, 0.25) is 0 Å². The number of carboxylic acids is 1. The van der Waals surface area contributed by atoms with Crippen LogP contribution in [-0.2, 0) is 9.59 Å². The van der Waals surface area contributed by atoms with E-state index in [4.69, 9.17) is 0 Å². The molecule has 1 saturated heterocycles. The number of aromatic carboxylic acids is 1. The van der Waals surface area contributed by atoms with Crippen molar-refractivity contribution in [2.75, 3.05) is 4.90 Å². The van der Waals surface area contributed by atoms with Crippen LogP contribution in [0.1, 0.15) is 33.1 Å². The monoisotopic (exact) mass is 549 g/mol. The molecule has 2 aromatic carbocycles. The number of fused-ring (bicyclic) bond motifs is 1. The van der Waals surface area contributed by atoms with Gasteiger partial charge in [-0.15, -0.1) is 0 Å². The number of thiazole rings is 1. The van der Waals surface area contributed by atoms with Crippen molar-refractivity contribution < 1.29 is 24.6 Å². The van der Waals surface area contributed by atoms with E-state index >= 15 is 0 Å². The lowest BCUT2D eigenvalue weighted by Crippen LogP contribution is -2.29. The van der Waals surface area contributed by atoms with Crippen LogP contribution >= 0.6 is 27.3 Å². The second-order valence-electron chi connectivity index (χ2n) is 7.90. The van der Waals surface area contributed by atoms with Gasteiger partial charge in [0.25, 0.3) is 5.78 Å². The highest BCUT2D eigenvalue weighted by molar-refractivity contribution is 9.10. The maximum Gasteiger partial charge on any atom is 0.335 e. The summed E-state index contributed by atoms with van der Waals surface area (Å²) in [5.41, 5.74) is 2.27. The van der Waals surface area contributed by atoms with E-state index in [1.165, 1.54) is 23.2 Å². The Morgan fingerprint density at radius 2 is 1.86 bits per heavy atom. The number of anilines is 1. The van der Waals surface area contributed by atoms with E-state index in [2.05, 4.69) is 25.9 Å². The van der Waals surface area contributed by atoms with Crippen molar-refractivity contribution in [2.45, 2.75) is 13.0 Å². The molecule has 3 heterocycles. The number of aromatic nitrogens is 2. The molecule has 1 unspecified atom stereocenters. The lowest BCUT2D eigenvalue weighted by molar-refractivity contribution is -0.132. The largest absolute Gasteiger partial charge is 0.507 e. The van der Waals surface area contributed by atoms with Crippen LogP contribution < -0.4 is 4.90 Å². The van der Waals surface area contributed by atoms with E-state index in [-0.39, 0.29) is 22.0 Å². The number of benzene rings is 2. The third-order valence-electron chi connectivity index (χ3n) is 5.71. The number of aliphatic hydroxyl groups is 1. The molecule has 0 aliphatic carbocycles. The maximum atomic E-state index is 13.3. The molecule has 2 aromatic heterocycles. The quantitative estimate of drug-likeness (QED) is 0.206. The van der Waals surface area contributed by atoms with E-state index in [0.717, 1.165) is 21.4 Å². The number of rotatable bonds is 4. The number of carbonyl (C=O) groups is 3. The highest BCUT2D eigenvalue weighted by atomic mass is 79.9. The molecular weight excluding hydrogens is 534 g/mol. The van der Waals surface area contributed by atoms with Crippen LogP contribution in [-0.4, -0.2) is 37.8 Å². The van der Waals surface area contributed by atoms with Gasteiger partial charge in [-0.2, -0.15) is 0 Å². The average molecular weight is 550 g/mol. The SMILES string of the molecule is Cc1cc(/C(O)=C2\C(=O)C(=O)N(c3nc4ccc(C(=O)O)cc4s3)C2c2cccnc2)ccc1Br. The van der Waals surface area contributed by atoms with Gasteiger partial charge in [-0.3, -0.25) is 19.5 Å². The summed E-state index contributed by atoms with van der Waals surface area (Å²) >= 11 is 4.52. The molecule has 1 aliphatic rings. The fraction of sp³-hybridized carbons (Fsp3) is 0.0800. The van der Waals surface area contributed by atoms with Gasteiger partial charge in [-0.05, 0) is 54.4 Å². The minimum absolute atomic E-state index is 0.0739. The van der Waals surface area contributed by atoms with Gasteiger partial charge in [-0.25, -0.2) is 9.78 Å². The van der Waals surface area contributed by atoms with Gasteiger partial charge in [0.15, 0.2) is 5.13 Å². The predicted octanol–water partition coefficient (Wildman–Crippen LogP) is 5.09. The molecule has 2 N–H and O–H groups in total. The Labute approximate surface area is 211 Å². The molecule has 1 amide bonds. The standard InChI is InChI=1S/C25H16BrN3O5S/c1-12-9-13(4-6-16(12)26)21(30)19-20(15-3-2-8-27-11-15)29(23(32)22(19)31)25-28-17-7-5-14(24(33)34)10-18(17)35-25/h2-11,20,30H,1H3,(H,33,34)/b21-19+. The normalized spacial score (nSPS) is 17.3. The lowest BCUT2D eigenvalue weighted by atomic mass is 9.96. The number of nitrogens with zero attached hydrogens (tertiary/aromatic N) is 3. The predicted molar refractivity (Wildman–Crippen MR) is 134 cm³/mol. The van der Waals surface area contributed by atoms with Crippen LogP contribution in [0.15, 0.2) is 71.0 Å². The first-order chi connectivity index (χ1) is 16.8. The number of carbonyl (C=O) groups excluding carboxylic acids is 2. The second-order valence-corrected chi connectivity index (χ2v) is 9.77. The fourth-order valence-electron chi connectivity index (χ4n) is 3.98. The Morgan fingerprint density at radius 3 is 2.54 bits per heavy atom. The number of pyridine rings is 1. The van der Waals surface area contributed by atoms with Gasteiger partial charge in [-0.1, -0.05) is 39.4 Å². The third kappa shape index (κ3) is 3.90. The Morgan fingerprint density at radius 1 is 1.09 bits per heavy atom. The Hall–Kier alpha value is -3.89. The number of halogens is 1. The second kappa shape index (κ2) is 8.71. The van der Waals surface area contributed by atoms with Crippen molar-refractivity contribution >= 4 is 66.0 Å². The number of hydrogen-bond acceptors (Lipinski definition) is 7. The summed E-state index contributed by atoms with van der Waals surface area (Å²) in [4.78, 5) is 47.8. The van der Waals surface area contributed by atoms with Gasteiger partial charge >= 0.3 is 11.9 Å². The van der Waals surface area contributed by atoms with E-state index in [9.17, 15) is 24.6 Å². The van der Waals surface area contributed by atoms with Gasteiger partial charge in [0.05, 0.1) is 27.4 Å². The molecule has 0 bridgehead atoms. The number of ketones is 1. The zero-order chi connectivity index (χ0) is 24.9. The topological polar surface area (TPSA) is 121 Å². The Balaban J connectivity index is 1.71. The first-order valence-corrected chi connectivity index (χ1v) is 12.0. The Kier molecular flexibility index (Phi) is 5.70. The van der Waals surface area contributed by atoms with Gasteiger partial charge in [0, 0.05) is 22.4 Å². The molecule has 10 heteroatoms. The molecule has 0 radical (unpaired) electrons. The summed E-state index contributed by atoms with van der Waals surface area (Å²) < 4.78 is 1.39. The van der Waals surface area contributed by atoms with Crippen molar-refractivity contribution in [1.82, 2.24) is 9.97 Å². The first-order valence-electron chi connectivity index (χ1n) is 10.4. The first kappa shape index (κ1) is 22.9. The lowest BCUT2D eigenvalue weighted by Gasteiger charge is -2.22. The van der Waals surface area contributed by atoms with Crippen LogP contribution in [0.3, 0.4) is 0 Å². The Bertz CT molecular complexity index is 1560. The van der Waals surface area contributed by atoms with E-state index < -0.39 is 23.7 Å². The molecule has 35 heavy (non-hydrogen) atoms. The van der Waals surface area contributed by atoms with Crippen molar-refractivity contribution in [1.29, 1.82) is 0 Å². The summed E-state index contributed by atoms with van der Waals surface area (Å²) in [7, 11) is 0. The summed E-state index contributed by atoms with van der Waals surface area (Å²) in [5.74, 6) is -3.07. The van der Waals surface area contributed by atoms with Crippen molar-refractivity contribution in [2.24, 2.45) is 0 Å². The summed E-state index contributed by atoms with van der Waals surface area (Å²) in [6.45, 7) is 1.85. The van der Waals surface area contributed by atoms with Crippen molar-refractivity contribution in [3.05, 3.63) is 93.2 Å². The number of carboxylic acid groups (broad SMARTS) is 1. The smallest absolute Gasteiger partial charge is 0.335 e. The highest BCUT2D eigenvalue weighted by Gasteiger charge is 2.48. The summed E-state index contributed by atoms with van der Waals surface area (Å²) in [5, 5.41) is 20.7. The molecule has 0 spiro atoms. The minimum Gasteiger partial charge on any atom is -0.507 e. The van der Waals surface area contributed by atoms with Crippen LogP contribution in [0.25, 0.3) is 16.0 Å². The molecule has 1 fully saturated rings. The molecule has 1 atom stereocenters. The van der Waals surface area contributed by atoms with E-state index in [1.54, 1.807) is 42.6 Å². The number of Topliss-reactive ketones (excluding diaryl/α,β-unsaturated/α-hetero) is 1. The molecule has 4 aromatic rings. The number of aliphatic hydroxyl groups excluding tert-OH is 1. The molecule has 8 nitrogen and oxygen atoms in total. The van der Waals surface area contributed by atoms with Crippen LogP contribution in [0, 0.1) is 6.92 Å². The zero-order valence-corrected chi connectivity index (χ0v) is 20.5. The van der Waals surface area contributed by atoms with Crippen LogP contribution in [0.2, 0.25) is 0 Å². The minimum atomic E-state index is -1.08. The van der Waals surface area contributed by atoms with Gasteiger partial charge in [0.1, 0.15) is 5.76 Å². The van der Waals surface area contributed by atoms with Crippen molar-refractivity contribution in [3.63, 3.8) is 0 Å².